The van der Waals surface area contributed by atoms with Crippen molar-refractivity contribution in [2.75, 3.05) is 0 Å². The maximum absolute atomic E-state index is 9.67. The van der Waals surface area contributed by atoms with Crippen LogP contribution in [-0.2, 0) is 0 Å². The van der Waals surface area contributed by atoms with Crippen molar-refractivity contribution in [1.29, 1.82) is 0 Å². The molecule has 0 aliphatic rings. The second-order valence-electron chi connectivity index (χ2n) is 0.439. The van der Waals surface area contributed by atoms with Gasteiger partial charge in [-0.15, -0.1) is 0 Å². The molecule has 0 spiro atoms. The third-order valence-corrected chi connectivity index (χ3v) is 0. The molecule has 0 rings (SSSR count). The first-order valence-electron chi connectivity index (χ1n) is 1.16. The van der Waals surface area contributed by atoms with Crippen molar-refractivity contribution in [2.24, 2.45) is 0 Å². The van der Waals surface area contributed by atoms with Gasteiger partial charge < -0.3 is 0 Å². The van der Waals surface area contributed by atoms with Gasteiger partial charge in [-0.3, -0.25) is 12.9 Å². The molecule has 8 heavy (non-hydrogen) atoms. The van der Waals surface area contributed by atoms with E-state index in [-0.39, 0.29) is 0 Å². The summed E-state index contributed by atoms with van der Waals surface area (Å²) in [5, 5.41) is 0. The van der Waals surface area contributed by atoms with Crippen LogP contribution in [0.15, 0.2) is 0 Å². The molecule has 0 bridgehead atoms. The summed E-state index contributed by atoms with van der Waals surface area (Å²) in [5.74, 6) is -1.20. The Kier molecular flexibility index (Phi) is 12.1. The van der Waals surface area contributed by atoms with Crippen LogP contribution in [0.25, 0.3) is 0 Å². The molecule has 0 aromatic heterocycles. The topological polar surface area (TPSA) is 0 Å². The molecule has 0 atom stereocenters. The SMILES string of the molecule is ClP(Cl)Cl.FB(F)F. The maximum atomic E-state index is 9.67. The van der Waals surface area contributed by atoms with Gasteiger partial charge in [0.05, 0.1) is 0 Å². The van der Waals surface area contributed by atoms with Gasteiger partial charge in [0.1, 0.15) is 0 Å². The quantitative estimate of drug-likeness (QED) is 0.416. The summed E-state index contributed by atoms with van der Waals surface area (Å²) in [6.07, 6.45) is 0. The average molecular weight is 205 g/mol. The summed E-state index contributed by atoms with van der Waals surface area (Å²) in [6.45, 7) is 0. The molecule has 0 aliphatic heterocycles. The molecule has 0 aromatic rings. The first-order valence-corrected chi connectivity index (χ1v) is 5.22. The molecule has 0 saturated carbocycles. The van der Waals surface area contributed by atoms with E-state index in [1.807, 2.05) is 0 Å². The number of halogens is 6. The highest BCUT2D eigenvalue weighted by Gasteiger charge is 2.06. The molecule has 0 fully saturated rings. The van der Waals surface area contributed by atoms with E-state index in [4.69, 9.17) is 33.7 Å². The van der Waals surface area contributed by atoms with Crippen LogP contribution in [0.4, 0.5) is 12.9 Å². The predicted octanol–water partition coefficient (Wildman–Crippen LogP) is 3.81. The lowest BCUT2D eigenvalue weighted by molar-refractivity contribution is 0.535. The van der Waals surface area contributed by atoms with Crippen LogP contribution in [0.3, 0.4) is 0 Å². The van der Waals surface area contributed by atoms with Gasteiger partial charge in [0.15, 0.2) is 5.98 Å². The zero-order valence-electron chi connectivity index (χ0n) is 3.29. The standard InChI is InChI=1S/BF3.Cl3P/c2-1(3)4;1-4(2)3. The van der Waals surface area contributed by atoms with Crippen molar-refractivity contribution in [3.05, 3.63) is 0 Å². The summed E-state index contributed by atoms with van der Waals surface area (Å²) in [6, 6.07) is 0. The zero-order valence-corrected chi connectivity index (χ0v) is 6.45. The predicted molar refractivity (Wildman–Crippen MR) is 33.6 cm³/mol. The van der Waals surface area contributed by atoms with Gasteiger partial charge >= 0.3 is 7.54 Å². The van der Waals surface area contributed by atoms with Gasteiger partial charge in [-0.05, 0) is 0 Å². The highest BCUT2D eigenvalue weighted by atomic mass is 36.0. The largest absolute Gasteiger partial charge is 0.762 e. The molecular weight excluding hydrogens is 205 g/mol. The zero-order chi connectivity index (χ0) is 7.15. The van der Waals surface area contributed by atoms with Crippen LogP contribution < -0.4 is 0 Å². The van der Waals surface area contributed by atoms with Crippen LogP contribution in [-0.4, -0.2) is 7.54 Å². The minimum Gasteiger partial charge on any atom is -0.254 e. The van der Waals surface area contributed by atoms with Crippen molar-refractivity contribution in [3.8, 4) is 0 Å². The summed E-state index contributed by atoms with van der Waals surface area (Å²) in [5.41, 5.74) is 0. The Morgan fingerprint density at radius 2 is 1.00 bits per heavy atom. The third kappa shape index (κ3) is 203. The van der Waals surface area contributed by atoms with Crippen molar-refractivity contribution < 1.29 is 12.9 Å². The molecule has 0 nitrogen and oxygen atoms in total. The fourth-order valence-electron chi connectivity index (χ4n) is 0. The smallest absolute Gasteiger partial charge is 0.254 e. The molecule has 0 heterocycles. The second kappa shape index (κ2) is 8.15. The summed E-state index contributed by atoms with van der Waals surface area (Å²) in [7, 11) is -3.67. The van der Waals surface area contributed by atoms with Gasteiger partial charge in [-0.1, -0.05) is 33.7 Å². The maximum Gasteiger partial charge on any atom is 0.762 e. The molecule has 0 aromatic carbocycles. The minimum atomic E-state index is -3.67. The second-order valence-corrected chi connectivity index (χ2v) is 5.42. The molecule has 0 N–H and O–H groups in total. The monoisotopic (exact) mass is 204 g/mol. The Bertz CT molecular complexity index is 30.0. The number of rotatable bonds is 0. The van der Waals surface area contributed by atoms with Crippen LogP contribution in [0.5, 0.6) is 0 Å². The van der Waals surface area contributed by atoms with Gasteiger partial charge in [0, 0.05) is 0 Å². The van der Waals surface area contributed by atoms with E-state index in [1.165, 1.54) is 0 Å². The Labute approximate surface area is 60.6 Å². The Balaban J connectivity index is 0. The summed E-state index contributed by atoms with van der Waals surface area (Å²) in [4.78, 5) is 0. The lowest BCUT2D eigenvalue weighted by Gasteiger charge is -1.68. The van der Waals surface area contributed by atoms with Crippen molar-refractivity contribution >= 4 is 47.2 Å². The van der Waals surface area contributed by atoms with Crippen LogP contribution >= 0.6 is 39.7 Å². The molecule has 0 amide bonds. The fraction of sp³-hybridized carbons (Fsp3) is 0. The van der Waals surface area contributed by atoms with Gasteiger partial charge in [-0.2, -0.15) is 0 Å². The van der Waals surface area contributed by atoms with Crippen molar-refractivity contribution in [3.63, 3.8) is 0 Å². The van der Waals surface area contributed by atoms with E-state index in [9.17, 15) is 12.9 Å². The molecule has 8 heteroatoms. The minimum absolute atomic E-state index is 1.20. The molecule has 0 aliphatic carbocycles. The number of hydrogen-bond donors (Lipinski definition) is 0. The van der Waals surface area contributed by atoms with E-state index >= 15 is 0 Å². The van der Waals surface area contributed by atoms with Crippen LogP contribution in [0.2, 0.25) is 0 Å². The van der Waals surface area contributed by atoms with Gasteiger partial charge in [0.2, 0.25) is 0 Å². The van der Waals surface area contributed by atoms with Crippen LogP contribution in [0.1, 0.15) is 0 Å². The van der Waals surface area contributed by atoms with Crippen LogP contribution in [0, 0.1) is 0 Å². The van der Waals surface area contributed by atoms with E-state index in [0.717, 1.165) is 0 Å². The Morgan fingerprint density at radius 3 is 1.00 bits per heavy atom. The van der Waals surface area contributed by atoms with Gasteiger partial charge in [0.25, 0.3) is 0 Å². The molecule has 0 unspecified atom stereocenters. The molecular formula is BCl3F3P. The van der Waals surface area contributed by atoms with Crippen molar-refractivity contribution in [2.45, 2.75) is 0 Å². The first kappa shape index (κ1) is 11.9. The van der Waals surface area contributed by atoms with Gasteiger partial charge in [-0.25, -0.2) is 0 Å². The molecule has 0 radical (unpaired) electrons. The summed E-state index contributed by atoms with van der Waals surface area (Å²) >= 11 is 14.6. The van der Waals surface area contributed by atoms with E-state index in [0.29, 0.717) is 0 Å². The molecule has 0 saturated heterocycles. The van der Waals surface area contributed by atoms with E-state index in [2.05, 4.69) is 0 Å². The highest BCUT2D eigenvalue weighted by Crippen LogP contribution is 2.51. The Hall–Kier alpha value is 1.15. The molecule has 50 valence electrons. The lowest BCUT2D eigenvalue weighted by atomic mass is 10.5. The summed E-state index contributed by atoms with van der Waals surface area (Å²) < 4.78 is 29.0. The van der Waals surface area contributed by atoms with E-state index < -0.39 is 13.5 Å². The van der Waals surface area contributed by atoms with Crippen molar-refractivity contribution in [1.82, 2.24) is 0 Å². The highest BCUT2D eigenvalue weighted by molar-refractivity contribution is 8.20. The fourth-order valence-corrected chi connectivity index (χ4v) is 0. The lowest BCUT2D eigenvalue weighted by Crippen LogP contribution is -1.76. The number of hydrogen-bond acceptors (Lipinski definition) is 0. The first-order chi connectivity index (χ1) is 3.46. The third-order valence-electron chi connectivity index (χ3n) is 0. The average Bonchev–Trinajstić information content (AvgIpc) is 1.25. The van der Waals surface area contributed by atoms with E-state index in [1.54, 1.807) is 0 Å². The normalized spacial score (nSPS) is 7.88. The Morgan fingerprint density at radius 1 is 1.00 bits per heavy atom.